The van der Waals surface area contributed by atoms with Crippen LogP contribution in [0.15, 0.2) is 95.6 Å². The van der Waals surface area contributed by atoms with E-state index in [1.165, 1.54) is 17.7 Å². The molecule has 0 bridgehead atoms. The first-order valence-electron chi connectivity index (χ1n) is 11.7. The zero-order chi connectivity index (χ0) is 26.1. The summed E-state index contributed by atoms with van der Waals surface area (Å²) in [6.45, 7) is 11.6. The number of H-pyrrole nitrogens is 2. The van der Waals surface area contributed by atoms with Gasteiger partial charge in [-0.05, 0) is 92.2 Å². The summed E-state index contributed by atoms with van der Waals surface area (Å²) in [4.78, 5) is 26.0. The lowest BCUT2D eigenvalue weighted by Gasteiger charge is -2.12. The maximum Gasteiger partial charge on any atom is 0.197 e. The largest absolute Gasteiger partial charge is 0.309 e. The van der Waals surface area contributed by atoms with Crippen molar-refractivity contribution in [1.82, 2.24) is 10.2 Å². The standard InChI is InChI=1S/C31H36N2O2/c1-7-15-24(21-26(11-5)25(9-3)10-4)22-31(35)29(16-8-2)30(34)19-13-17-28-18-14-20-32-33-23-27(28)12-6/h1,8-9,11-14,18-20,22-23,32-33H,6,10,15,17,21H2,2-5H3/b19-13+,20-14?,24-22+,25-9?,26-11?,27-23?,28-18?. The molecular weight excluding hydrogens is 432 g/mol. The molecule has 0 aliphatic heterocycles. The van der Waals surface area contributed by atoms with Crippen LogP contribution >= 0.6 is 0 Å². The van der Waals surface area contributed by atoms with Crippen LogP contribution in [0.3, 0.4) is 0 Å². The highest BCUT2D eigenvalue weighted by Gasteiger charge is 2.15. The van der Waals surface area contributed by atoms with Crippen LogP contribution in [0.5, 0.6) is 0 Å². The van der Waals surface area contributed by atoms with Gasteiger partial charge in [0.05, 0.1) is 0 Å². The first kappa shape index (κ1) is 29.0. The van der Waals surface area contributed by atoms with Gasteiger partial charge in [-0.2, -0.15) is 0 Å². The van der Waals surface area contributed by atoms with Crippen molar-refractivity contribution in [3.63, 3.8) is 0 Å². The van der Waals surface area contributed by atoms with E-state index in [1.807, 2.05) is 32.1 Å². The zero-order valence-corrected chi connectivity index (χ0v) is 21.3. The third kappa shape index (κ3) is 9.76. The summed E-state index contributed by atoms with van der Waals surface area (Å²) in [5, 5.41) is 5.83. The van der Waals surface area contributed by atoms with E-state index in [2.05, 4.69) is 41.4 Å². The number of allylic oxidation sites excluding steroid dienone is 9. The van der Waals surface area contributed by atoms with Crippen LogP contribution in [0, 0.1) is 12.3 Å². The second-order valence-corrected chi connectivity index (χ2v) is 7.63. The van der Waals surface area contributed by atoms with Gasteiger partial charge in [-0.15, -0.1) is 18.1 Å². The Balaban J connectivity index is 3.19. The molecular formula is C31H36N2O2. The third-order valence-electron chi connectivity index (χ3n) is 5.34. The molecule has 1 heterocycles. The Kier molecular flexibility index (Phi) is 13.7. The van der Waals surface area contributed by atoms with Crippen molar-refractivity contribution in [2.75, 3.05) is 0 Å². The van der Waals surface area contributed by atoms with E-state index in [-0.39, 0.29) is 5.57 Å². The second kappa shape index (κ2) is 16.5. The average Bonchev–Trinajstić information content (AvgIpc) is 2.83. The topological polar surface area (TPSA) is 65.7 Å². The number of hydrogen-bond donors (Lipinski definition) is 2. The summed E-state index contributed by atoms with van der Waals surface area (Å²) in [5.41, 5.74) is 7.80. The monoisotopic (exact) mass is 468 g/mol. The van der Waals surface area contributed by atoms with Crippen molar-refractivity contribution in [3.05, 3.63) is 107 Å². The highest BCUT2D eigenvalue weighted by molar-refractivity contribution is 6.27. The number of rotatable bonds is 12. The lowest BCUT2D eigenvalue weighted by Crippen LogP contribution is -2.09. The predicted molar refractivity (Wildman–Crippen MR) is 147 cm³/mol. The van der Waals surface area contributed by atoms with Gasteiger partial charge in [-0.1, -0.05) is 43.9 Å². The number of ketones is 2. The van der Waals surface area contributed by atoms with E-state index >= 15 is 0 Å². The number of carbonyl (C=O) groups is 2. The van der Waals surface area contributed by atoms with Gasteiger partial charge in [0.2, 0.25) is 0 Å². The van der Waals surface area contributed by atoms with Crippen molar-refractivity contribution in [2.45, 2.75) is 53.4 Å². The highest BCUT2D eigenvalue weighted by atomic mass is 16.1. The van der Waals surface area contributed by atoms with Crippen LogP contribution in [-0.2, 0) is 16.0 Å². The number of terminal acetylenes is 1. The van der Waals surface area contributed by atoms with Gasteiger partial charge in [-0.3, -0.25) is 9.59 Å². The Bertz CT molecular complexity index is 1180. The molecule has 1 aromatic rings. The molecule has 0 saturated carbocycles. The molecule has 1 aromatic heterocycles. The molecule has 0 fully saturated rings. The quantitative estimate of drug-likeness (QED) is 0.0859. The SMILES string of the molecule is C#CC/C(=C\C(=O)C(=C=CC)C(=O)/C=C/Cc1ccc[nH][nH]cc1C=C)CC(=CC)C(=CC)CC. The van der Waals surface area contributed by atoms with Gasteiger partial charge in [-0.25, -0.2) is 0 Å². The molecule has 1 rings (SSSR count). The normalized spacial score (nSPS) is 11.9. The van der Waals surface area contributed by atoms with Gasteiger partial charge in [0.25, 0.3) is 0 Å². The minimum absolute atomic E-state index is 0.0149. The Morgan fingerprint density at radius 3 is 2.46 bits per heavy atom. The molecule has 4 nitrogen and oxygen atoms in total. The fourth-order valence-electron chi connectivity index (χ4n) is 3.54. The van der Waals surface area contributed by atoms with Crippen LogP contribution in [0.4, 0.5) is 0 Å². The Morgan fingerprint density at radius 1 is 1.11 bits per heavy atom. The van der Waals surface area contributed by atoms with Gasteiger partial charge >= 0.3 is 0 Å². The van der Waals surface area contributed by atoms with Crippen LogP contribution < -0.4 is 0 Å². The molecule has 0 saturated heterocycles. The fourth-order valence-corrected chi connectivity index (χ4v) is 3.54. The third-order valence-corrected chi connectivity index (χ3v) is 5.34. The molecule has 2 N–H and O–H groups in total. The lowest BCUT2D eigenvalue weighted by atomic mass is 9.93. The van der Waals surface area contributed by atoms with E-state index in [0.717, 1.165) is 28.7 Å². The van der Waals surface area contributed by atoms with E-state index < -0.39 is 11.6 Å². The molecule has 0 amide bonds. The molecule has 0 aliphatic carbocycles. The molecule has 0 spiro atoms. The molecule has 182 valence electrons. The number of hydrogen-bond acceptors (Lipinski definition) is 2. The zero-order valence-electron chi connectivity index (χ0n) is 21.3. The summed E-state index contributed by atoms with van der Waals surface area (Å²) < 4.78 is 0. The molecule has 0 aliphatic rings. The van der Waals surface area contributed by atoms with Crippen LogP contribution in [0.1, 0.15) is 58.1 Å². The Hall–Kier alpha value is -4.06. The number of nitrogens with one attached hydrogen (secondary N) is 2. The second-order valence-electron chi connectivity index (χ2n) is 7.63. The molecule has 0 unspecified atom stereocenters. The lowest BCUT2D eigenvalue weighted by molar-refractivity contribution is -0.116. The molecule has 0 radical (unpaired) electrons. The Morgan fingerprint density at radius 2 is 1.86 bits per heavy atom. The summed E-state index contributed by atoms with van der Waals surface area (Å²) in [7, 11) is 0. The van der Waals surface area contributed by atoms with Crippen molar-refractivity contribution >= 4 is 17.6 Å². The minimum Gasteiger partial charge on any atom is -0.309 e. The summed E-state index contributed by atoms with van der Waals surface area (Å²) >= 11 is 0. The van der Waals surface area contributed by atoms with Gasteiger partial charge in [0, 0.05) is 18.8 Å². The van der Waals surface area contributed by atoms with Crippen molar-refractivity contribution in [1.29, 1.82) is 0 Å². The van der Waals surface area contributed by atoms with Crippen molar-refractivity contribution < 1.29 is 9.59 Å². The maximum atomic E-state index is 13.1. The summed E-state index contributed by atoms with van der Waals surface area (Å²) in [6, 6.07) is 3.80. The Labute approximate surface area is 209 Å². The van der Waals surface area contributed by atoms with Crippen LogP contribution in [0.25, 0.3) is 6.08 Å². The molecule has 0 aromatic carbocycles. The number of carbonyl (C=O) groups excluding carboxylic acids is 2. The highest BCUT2D eigenvalue weighted by Crippen LogP contribution is 2.24. The predicted octanol–water partition coefficient (Wildman–Crippen LogP) is 7.09. The summed E-state index contributed by atoms with van der Waals surface area (Å²) in [5.74, 6) is 1.83. The van der Waals surface area contributed by atoms with E-state index in [1.54, 1.807) is 37.5 Å². The van der Waals surface area contributed by atoms with Crippen molar-refractivity contribution in [2.24, 2.45) is 0 Å². The molecule has 35 heavy (non-hydrogen) atoms. The van der Waals surface area contributed by atoms with Gasteiger partial charge in [0.1, 0.15) is 5.57 Å². The first-order chi connectivity index (χ1) is 16.9. The van der Waals surface area contributed by atoms with Crippen LogP contribution in [-0.4, -0.2) is 21.8 Å². The maximum absolute atomic E-state index is 13.1. The molecule has 0 atom stereocenters. The fraction of sp³-hybridized carbons (Fsp3) is 0.258. The smallest absolute Gasteiger partial charge is 0.197 e. The minimum atomic E-state index is -0.399. The number of aromatic amines is 2. The van der Waals surface area contributed by atoms with Gasteiger partial charge in [0.15, 0.2) is 11.6 Å². The number of aromatic nitrogens is 2. The summed E-state index contributed by atoms with van der Waals surface area (Å²) in [6.07, 6.45) is 23.5. The van der Waals surface area contributed by atoms with Crippen LogP contribution in [0.2, 0.25) is 0 Å². The van der Waals surface area contributed by atoms with Crippen molar-refractivity contribution in [3.8, 4) is 12.3 Å². The molecule has 4 heteroatoms. The average molecular weight is 469 g/mol. The van der Waals surface area contributed by atoms with E-state index in [4.69, 9.17) is 6.42 Å². The van der Waals surface area contributed by atoms with E-state index in [0.29, 0.717) is 19.3 Å². The van der Waals surface area contributed by atoms with Gasteiger partial charge < -0.3 is 10.2 Å². The van der Waals surface area contributed by atoms with E-state index in [9.17, 15) is 9.59 Å². The first-order valence-corrected chi connectivity index (χ1v) is 11.7.